The van der Waals surface area contributed by atoms with E-state index in [1.807, 2.05) is 55.5 Å². The minimum absolute atomic E-state index is 0.0390. The van der Waals surface area contributed by atoms with Crippen LogP contribution in [0.15, 0.2) is 48.5 Å². The molecule has 25 heavy (non-hydrogen) atoms. The molecule has 0 N–H and O–H groups in total. The number of methoxy groups -OCH3 is 1. The van der Waals surface area contributed by atoms with Crippen molar-refractivity contribution in [3.05, 3.63) is 54.1 Å². The number of nitrogens with zero attached hydrogens (tertiary/aromatic N) is 2. The van der Waals surface area contributed by atoms with Crippen molar-refractivity contribution >= 4 is 32.6 Å². The Balaban J connectivity index is 1.74. The highest BCUT2D eigenvalue weighted by atomic mass is 32.1. The van der Waals surface area contributed by atoms with Gasteiger partial charge in [-0.15, -0.1) is 0 Å². The van der Waals surface area contributed by atoms with Gasteiger partial charge < -0.3 is 9.47 Å². The lowest BCUT2D eigenvalue weighted by molar-refractivity contribution is -0.120. The lowest BCUT2D eigenvalue weighted by atomic mass is 10.2. The van der Waals surface area contributed by atoms with Crippen molar-refractivity contribution in [1.82, 2.24) is 4.98 Å². The molecule has 0 atom stereocenters. The average Bonchev–Trinajstić information content (AvgIpc) is 3.05. The van der Waals surface area contributed by atoms with Crippen molar-refractivity contribution in [3.8, 4) is 5.75 Å². The van der Waals surface area contributed by atoms with E-state index >= 15 is 0 Å². The number of amides is 1. The fourth-order valence-electron chi connectivity index (χ4n) is 2.34. The van der Waals surface area contributed by atoms with Crippen molar-refractivity contribution < 1.29 is 14.3 Å². The summed E-state index contributed by atoms with van der Waals surface area (Å²) in [5, 5.41) is 0.663. The van der Waals surface area contributed by atoms with E-state index in [2.05, 4.69) is 4.98 Å². The molecule has 0 saturated carbocycles. The molecule has 3 rings (SSSR count). The predicted molar refractivity (Wildman–Crippen MR) is 101 cm³/mol. The van der Waals surface area contributed by atoms with E-state index in [9.17, 15) is 4.79 Å². The van der Waals surface area contributed by atoms with Crippen molar-refractivity contribution in [2.45, 2.75) is 6.92 Å². The van der Waals surface area contributed by atoms with E-state index < -0.39 is 0 Å². The predicted octanol–water partition coefficient (Wildman–Crippen LogP) is 3.66. The summed E-state index contributed by atoms with van der Waals surface area (Å²) in [6, 6.07) is 15.5. The maximum atomic E-state index is 12.7. The Morgan fingerprint density at radius 1 is 1.16 bits per heavy atom. The number of thiazole rings is 1. The zero-order valence-corrected chi connectivity index (χ0v) is 15.1. The molecular formula is C19H20N2O3S. The molecule has 1 heterocycles. The van der Waals surface area contributed by atoms with E-state index in [1.165, 1.54) is 11.3 Å². The molecule has 0 unspecified atom stereocenters. The van der Waals surface area contributed by atoms with E-state index in [0.717, 1.165) is 15.8 Å². The Kier molecular flexibility index (Phi) is 5.63. The first-order valence-corrected chi connectivity index (χ1v) is 8.83. The van der Waals surface area contributed by atoms with Crippen LogP contribution in [0.3, 0.4) is 0 Å². The number of aryl methyl sites for hydroxylation is 1. The maximum Gasteiger partial charge on any atom is 0.266 e. The van der Waals surface area contributed by atoms with Crippen molar-refractivity contribution in [1.29, 1.82) is 0 Å². The smallest absolute Gasteiger partial charge is 0.266 e. The van der Waals surface area contributed by atoms with Crippen LogP contribution in [0.4, 0.5) is 5.13 Å². The quantitative estimate of drug-likeness (QED) is 0.648. The van der Waals surface area contributed by atoms with Crippen LogP contribution in [0.1, 0.15) is 5.56 Å². The zero-order chi connectivity index (χ0) is 17.6. The summed E-state index contributed by atoms with van der Waals surface area (Å²) in [6.07, 6.45) is 0. The number of benzene rings is 2. The van der Waals surface area contributed by atoms with Crippen LogP contribution in [0.5, 0.6) is 5.75 Å². The second-order valence-electron chi connectivity index (χ2n) is 5.60. The summed E-state index contributed by atoms with van der Waals surface area (Å²) in [5.41, 5.74) is 2.03. The maximum absolute atomic E-state index is 12.7. The Labute approximate surface area is 150 Å². The Morgan fingerprint density at radius 2 is 1.92 bits per heavy atom. The minimum atomic E-state index is -0.142. The van der Waals surface area contributed by atoms with Gasteiger partial charge >= 0.3 is 0 Å². The fourth-order valence-corrected chi connectivity index (χ4v) is 3.35. The topological polar surface area (TPSA) is 51.7 Å². The number of carbonyl (C=O) groups excluding carboxylic acids is 1. The normalized spacial score (nSPS) is 10.8. The van der Waals surface area contributed by atoms with Crippen LogP contribution >= 0.6 is 11.3 Å². The van der Waals surface area contributed by atoms with Gasteiger partial charge in [0.05, 0.1) is 23.4 Å². The molecule has 5 nitrogen and oxygen atoms in total. The number of hydrogen-bond donors (Lipinski definition) is 0. The fraction of sp³-hybridized carbons (Fsp3) is 0.263. The second kappa shape index (κ2) is 8.09. The Hall–Kier alpha value is -2.44. The summed E-state index contributed by atoms with van der Waals surface area (Å²) in [4.78, 5) is 18.9. The SMILES string of the molecule is COCCN(C(=O)COc1ccc(C)cc1)c1nc2ccccc2s1. The third kappa shape index (κ3) is 4.35. The van der Waals surface area contributed by atoms with Gasteiger partial charge in [0.2, 0.25) is 0 Å². The van der Waals surface area contributed by atoms with Gasteiger partial charge in [0.25, 0.3) is 5.91 Å². The molecule has 0 saturated heterocycles. The van der Waals surface area contributed by atoms with E-state index in [1.54, 1.807) is 12.0 Å². The average molecular weight is 356 g/mol. The van der Waals surface area contributed by atoms with Gasteiger partial charge in [-0.3, -0.25) is 9.69 Å². The molecule has 0 aliphatic carbocycles. The molecule has 130 valence electrons. The molecule has 0 radical (unpaired) electrons. The number of para-hydroxylation sites is 1. The number of hydrogen-bond acceptors (Lipinski definition) is 5. The highest BCUT2D eigenvalue weighted by Crippen LogP contribution is 2.28. The van der Waals surface area contributed by atoms with Crippen LogP contribution in [-0.4, -0.2) is 37.8 Å². The van der Waals surface area contributed by atoms with E-state index in [4.69, 9.17) is 9.47 Å². The van der Waals surface area contributed by atoms with Gasteiger partial charge in [0.1, 0.15) is 5.75 Å². The van der Waals surface area contributed by atoms with Crippen LogP contribution < -0.4 is 9.64 Å². The molecule has 0 bridgehead atoms. The van der Waals surface area contributed by atoms with Crippen LogP contribution in [0.2, 0.25) is 0 Å². The lowest BCUT2D eigenvalue weighted by Crippen LogP contribution is -2.37. The number of fused-ring (bicyclic) bond motifs is 1. The summed E-state index contributed by atoms with van der Waals surface area (Å²) in [6.45, 7) is 2.84. The standard InChI is InChI=1S/C19H20N2O3S/c1-14-7-9-15(10-8-14)24-13-18(22)21(11-12-23-2)19-20-16-5-3-4-6-17(16)25-19/h3-10H,11-13H2,1-2H3. The molecule has 0 aliphatic rings. The molecule has 6 heteroatoms. The first-order valence-electron chi connectivity index (χ1n) is 8.02. The summed E-state index contributed by atoms with van der Waals surface area (Å²) < 4.78 is 11.8. The van der Waals surface area contributed by atoms with E-state index in [0.29, 0.717) is 24.0 Å². The first kappa shape index (κ1) is 17.4. The molecule has 0 fully saturated rings. The van der Waals surface area contributed by atoms with Gasteiger partial charge in [-0.25, -0.2) is 4.98 Å². The molecule has 0 aliphatic heterocycles. The number of aromatic nitrogens is 1. The summed E-state index contributed by atoms with van der Waals surface area (Å²) in [5.74, 6) is 0.534. The van der Waals surface area contributed by atoms with Gasteiger partial charge in [-0.1, -0.05) is 41.2 Å². The highest BCUT2D eigenvalue weighted by Gasteiger charge is 2.20. The molecule has 3 aromatic rings. The zero-order valence-electron chi connectivity index (χ0n) is 14.3. The number of rotatable bonds is 7. The monoisotopic (exact) mass is 356 g/mol. The largest absolute Gasteiger partial charge is 0.484 e. The highest BCUT2D eigenvalue weighted by molar-refractivity contribution is 7.22. The molecular weight excluding hydrogens is 336 g/mol. The second-order valence-corrected chi connectivity index (χ2v) is 6.61. The van der Waals surface area contributed by atoms with Crippen LogP contribution in [0.25, 0.3) is 10.2 Å². The third-order valence-corrected chi connectivity index (χ3v) is 4.78. The van der Waals surface area contributed by atoms with Gasteiger partial charge in [-0.05, 0) is 31.2 Å². The summed E-state index contributed by atoms with van der Waals surface area (Å²) >= 11 is 1.49. The molecule has 1 amide bonds. The first-order chi connectivity index (χ1) is 12.2. The lowest BCUT2D eigenvalue weighted by Gasteiger charge is -2.19. The van der Waals surface area contributed by atoms with Gasteiger partial charge in [-0.2, -0.15) is 0 Å². The molecule has 2 aromatic carbocycles. The van der Waals surface area contributed by atoms with Crippen LogP contribution in [-0.2, 0) is 9.53 Å². The molecule has 0 spiro atoms. The van der Waals surface area contributed by atoms with Crippen LogP contribution in [0, 0.1) is 6.92 Å². The Bertz CT molecular complexity index is 812. The van der Waals surface area contributed by atoms with Crippen molar-refractivity contribution in [2.24, 2.45) is 0 Å². The van der Waals surface area contributed by atoms with Gasteiger partial charge in [0.15, 0.2) is 11.7 Å². The third-order valence-electron chi connectivity index (χ3n) is 3.72. The number of carbonyl (C=O) groups is 1. The Morgan fingerprint density at radius 3 is 2.64 bits per heavy atom. The van der Waals surface area contributed by atoms with Gasteiger partial charge in [0, 0.05) is 7.11 Å². The van der Waals surface area contributed by atoms with E-state index in [-0.39, 0.29) is 12.5 Å². The number of ether oxygens (including phenoxy) is 2. The van der Waals surface area contributed by atoms with Crippen molar-refractivity contribution in [3.63, 3.8) is 0 Å². The summed E-state index contributed by atoms with van der Waals surface area (Å²) in [7, 11) is 1.61. The minimum Gasteiger partial charge on any atom is -0.484 e. The number of anilines is 1. The molecule has 1 aromatic heterocycles. The van der Waals surface area contributed by atoms with Crippen molar-refractivity contribution in [2.75, 3.05) is 31.8 Å².